The van der Waals surface area contributed by atoms with E-state index in [4.69, 9.17) is 9.47 Å². The van der Waals surface area contributed by atoms with E-state index in [1.807, 2.05) is 103 Å². The first-order valence-corrected chi connectivity index (χ1v) is 13.4. The highest BCUT2D eigenvalue weighted by molar-refractivity contribution is 8.01. The summed E-state index contributed by atoms with van der Waals surface area (Å²) in [5.41, 5.74) is 6.10. The molecule has 1 unspecified atom stereocenters. The van der Waals surface area contributed by atoms with Crippen LogP contribution >= 0.6 is 11.8 Å². The molecule has 2 amide bonds. The number of hydrogen-bond acceptors (Lipinski definition) is 6. The summed E-state index contributed by atoms with van der Waals surface area (Å²) in [6, 6.07) is 32.8. The second-order valence-electron chi connectivity index (χ2n) is 8.84. The van der Waals surface area contributed by atoms with Gasteiger partial charge in [-0.25, -0.2) is 5.43 Å². The van der Waals surface area contributed by atoms with E-state index < -0.39 is 5.25 Å². The first-order valence-electron chi connectivity index (χ1n) is 12.5. The molecule has 0 aliphatic carbocycles. The van der Waals surface area contributed by atoms with Gasteiger partial charge in [-0.3, -0.25) is 9.59 Å². The molecule has 2 N–H and O–H groups in total. The summed E-state index contributed by atoms with van der Waals surface area (Å²) in [4.78, 5) is 25.8. The van der Waals surface area contributed by atoms with Crippen LogP contribution < -0.4 is 20.2 Å². The molecule has 1 heterocycles. The number of para-hydroxylation sites is 1. The monoisotopic (exact) mass is 537 g/mol. The molecule has 1 atom stereocenters. The molecule has 0 radical (unpaired) electrons. The molecule has 39 heavy (non-hydrogen) atoms. The summed E-state index contributed by atoms with van der Waals surface area (Å²) in [6.07, 6.45) is 1.55. The van der Waals surface area contributed by atoms with Crippen molar-refractivity contribution < 1.29 is 19.1 Å². The summed E-state index contributed by atoms with van der Waals surface area (Å²) < 4.78 is 12.1. The van der Waals surface area contributed by atoms with Gasteiger partial charge < -0.3 is 14.8 Å². The molecule has 0 fully saturated rings. The molecule has 4 aromatic rings. The third-order valence-corrected chi connectivity index (χ3v) is 7.20. The van der Waals surface area contributed by atoms with E-state index in [-0.39, 0.29) is 18.2 Å². The lowest BCUT2D eigenvalue weighted by Crippen LogP contribution is -2.33. The van der Waals surface area contributed by atoms with Gasteiger partial charge in [0, 0.05) is 11.3 Å². The molecule has 1 aliphatic heterocycles. The maximum Gasteiger partial charge on any atom is 0.241 e. The van der Waals surface area contributed by atoms with Gasteiger partial charge in [0.25, 0.3) is 0 Å². The van der Waals surface area contributed by atoms with Gasteiger partial charge in [0.1, 0.15) is 13.2 Å². The maximum atomic E-state index is 12.5. The Bertz CT molecular complexity index is 1460. The number of nitrogens with one attached hydrogen (secondary N) is 2. The van der Waals surface area contributed by atoms with E-state index in [1.165, 1.54) is 18.0 Å². The van der Waals surface area contributed by atoms with Crippen LogP contribution in [0.25, 0.3) is 0 Å². The normalized spacial score (nSPS) is 14.4. The van der Waals surface area contributed by atoms with Crippen molar-refractivity contribution in [2.45, 2.75) is 29.8 Å². The second-order valence-corrected chi connectivity index (χ2v) is 10.1. The molecule has 4 aromatic carbocycles. The predicted octanol–water partition coefficient (Wildman–Crippen LogP) is 5.80. The lowest BCUT2D eigenvalue weighted by Gasteiger charge is -2.23. The Morgan fingerprint density at radius 2 is 1.49 bits per heavy atom. The largest absolute Gasteiger partial charge is 0.485 e. The van der Waals surface area contributed by atoms with Crippen LogP contribution in [0, 0.1) is 0 Å². The van der Waals surface area contributed by atoms with Gasteiger partial charge in [0.05, 0.1) is 17.2 Å². The zero-order chi connectivity index (χ0) is 26.9. The SMILES string of the molecule is O=C(CC1Sc2ccccc2NC1=O)N/N=C/c1ccc(OCc2ccccc2)c(OCc2ccccc2)c1. The van der Waals surface area contributed by atoms with Crippen LogP contribution in [0.2, 0.25) is 0 Å². The Kier molecular flexibility index (Phi) is 8.55. The molecule has 7 nitrogen and oxygen atoms in total. The van der Waals surface area contributed by atoms with Crippen molar-refractivity contribution in [1.29, 1.82) is 0 Å². The second kappa shape index (κ2) is 12.8. The van der Waals surface area contributed by atoms with E-state index in [2.05, 4.69) is 15.8 Å². The predicted molar refractivity (Wildman–Crippen MR) is 153 cm³/mol. The number of thioether (sulfide) groups is 1. The van der Waals surface area contributed by atoms with Gasteiger partial charge in [-0.15, -0.1) is 11.8 Å². The van der Waals surface area contributed by atoms with E-state index in [0.717, 1.165) is 27.3 Å². The number of hydrogen-bond donors (Lipinski definition) is 2. The molecule has 196 valence electrons. The third-order valence-electron chi connectivity index (χ3n) is 5.92. The van der Waals surface area contributed by atoms with Crippen molar-refractivity contribution in [3.8, 4) is 11.5 Å². The summed E-state index contributed by atoms with van der Waals surface area (Å²) in [7, 11) is 0. The lowest BCUT2D eigenvalue weighted by atomic mass is 10.2. The minimum atomic E-state index is -0.519. The summed E-state index contributed by atoms with van der Waals surface area (Å²) in [6.45, 7) is 0.785. The average molecular weight is 538 g/mol. The van der Waals surface area contributed by atoms with Gasteiger partial charge in [0.15, 0.2) is 11.5 Å². The number of rotatable bonds is 10. The first kappa shape index (κ1) is 26.1. The quantitative estimate of drug-likeness (QED) is 0.197. The molecule has 8 heteroatoms. The van der Waals surface area contributed by atoms with E-state index >= 15 is 0 Å². The number of fused-ring (bicyclic) bond motifs is 1. The molecule has 5 rings (SSSR count). The van der Waals surface area contributed by atoms with Crippen LogP contribution in [0.3, 0.4) is 0 Å². The Morgan fingerprint density at radius 3 is 2.21 bits per heavy atom. The first-order chi connectivity index (χ1) is 19.1. The number of nitrogens with zero attached hydrogens (tertiary/aromatic N) is 1. The van der Waals surface area contributed by atoms with Gasteiger partial charge >= 0.3 is 0 Å². The van der Waals surface area contributed by atoms with Crippen molar-refractivity contribution >= 4 is 35.5 Å². The number of carbonyl (C=O) groups is 2. The van der Waals surface area contributed by atoms with Gasteiger partial charge in [-0.05, 0) is 47.0 Å². The highest BCUT2D eigenvalue weighted by atomic mass is 32.2. The lowest BCUT2D eigenvalue weighted by molar-refractivity contribution is -0.124. The maximum absolute atomic E-state index is 12.5. The van der Waals surface area contributed by atoms with Crippen molar-refractivity contribution in [1.82, 2.24) is 5.43 Å². The Morgan fingerprint density at radius 1 is 0.846 bits per heavy atom. The fraction of sp³-hybridized carbons (Fsp3) is 0.129. The topological polar surface area (TPSA) is 89.0 Å². The van der Waals surface area contributed by atoms with Crippen LogP contribution in [0.4, 0.5) is 5.69 Å². The third kappa shape index (κ3) is 7.27. The van der Waals surface area contributed by atoms with E-state index in [0.29, 0.717) is 24.7 Å². The summed E-state index contributed by atoms with van der Waals surface area (Å²) >= 11 is 1.38. The van der Waals surface area contributed by atoms with Crippen molar-refractivity contribution in [2.75, 3.05) is 5.32 Å². The number of carbonyl (C=O) groups excluding carboxylic acids is 2. The van der Waals surface area contributed by atoms with E-state index in [1.54, 1.807) is 0 Å². The number of anilines is 1. The molecule has 0 bridgehead atoms. The van der Waals surface area contributed by atoms with Crippen molar-refractivity contribution in [3.63, 3.8) is 0 Å². The molecule has 0 spiro atoms. The molecule has 0 aromatic heterocycles. The van der Waals surface area contributed by atoms with Gasteiger partial charge in [0.2, 0.25) is 11.8 Å². The van der Waals surface area contributed by atoms with Crippen molar-refractivity contribution in [2.24, 2.45) is 5.10 Å². The standard InChI is InChI=1S/C31H27N3O4S/c35-30(18-29-31(36)33-25-13-7-8-14-28(25)39-29)34-32-19-24-15-16-26(37-20-22-9-3-1-4-10-22)27(17-24)38-21-23-11-5-2-6-12-23/h1-17,19,29H,18,20-21H2,(H,33,36)(H,34,35)/b32-19+. The summed E-state index contributed by atoms with van der Waals surface area (Å²) in [5, 5.41) is 6.43. The molecule has 0 saturated heterocycles. The van der Waals surface area contributed by atoms with Gasteiger partial charge in [-0.1, -0.05) is 72.8 Å². The molecule has 1 aliphatic rings. The smallest absolute Gasteiger partial charge is 0.241 e. The number of amides is 2. The highest BCUT2D eigenvalue weighted by Crippen LogP contribution is 2.36. The van der Waals surface area contributed by atoms with Crippen LogP contribution in [-0.2, 0) is 22.8 Å². The fourth-order valence-corrected chi connectivity index (χ4v) is 5.04. The number of ether oxygens (including phenoxy) is 2. The Balaban J connectivity index is 1.22. The Hall–Kier alpha value is -4.56. The summed E-state index contributed by atoms with van der Waals surface area (Å²) in [5.74, 6) is 0.640. The minimum Gasteiger partial charge on any atom is -0.485 e. The average Bonchev–Trinajstić information content (AvgIpc) is 2.97. The van der Waals surface area contributed by atoms with Gasteiger partial charge in [-0.2, -0.15) is 5.10 Å². The van der Waals surface area contributed by atoms with Crippen LogP contribution in [0.5, 0.6) is 11.5 Å². The molecular formula is C31H27N3O4S. The van der Waals surface area contributed by atoms with Crippen LogP contribution in [-0.4, -0.2) is 23.3 Å². The number of benzene rings is 4. The molecule has 0 saturated carbocycles. The van der Waals surface area contributed by atoms with E-state index in [9.17, 15) is 9.59 Å². The zero-order valence-electron chi connectivity index (χ0n) is 21.1. The minimum absolute atomic E-state index is 0.0138. The van der Waals surface area contributed by atoms with Crippen LogP contribution in [0.1, 0.15) is 23.1 Å². The highest BCUT2D eigenvalue weighted by Gasteiger charge is 2.28. The molecular weight excluding hydrogens is 510 g/mol. The Labute approximate surface area is 231 Å². The fourth-order valence-electron chi connectivity index (χ4n) is 3.93. The number of hydrazone groups is 1. The van der Waals surface area contributed by atoms with Crippen LogP contribution in [0.15, 0.2) is 113 Å². The zero-order valence-corrected chi connectivity index (χ0v) is 21.9. The van der Waals surface area contributed by atoms with Crippen molar-refractivity contribution in [3.05, 3.63) is 120 Å².